The van der Waals surface area contributed by atoms with Crippen molar-refractivity contribution < 1.29 is 9.47 Å². The van der Waals surface area contributed by atoms with Crippen LogP contribution in [0.15, 0.2) is 54.6 Å². The van der Waals surface area contributed by atoms with Crippen LogP contribution < -0.4 is 4.74 Å². The van der Waals surface area contributed by atoms with Gasteiger partial charge in [-0.2, -0.15) is 0 Å². The summed E-state index contributed by atoms with van der Waals surface area (Å²) in [6, 6.07) is 19.2. The van der Waals surface area contributed by atoms with Crippen LogP contribution >= 0.6 is 0 Å². The molecule has 0 bridgehead atoms. The molecular weight excluding hydrogens is 356 g/mol. The van der Waals surface area contributed by atoms with Crippen LogP contribution in [0.1, 0.15) is 78.4 Å². The van der Waals surface area contributed by atoms with E-state index in [0.29, 0.717) is 18.4 Å². The minimum atomic E-state index is -0.641. The Morgan fingerprint density at radius 3 is 2.03 bits per heavy atom. The van der Waals surface area contributed by atoms with E-state index in [1.54, 1.807) is 0 Å². The van der Waals surface area contributed by atoms with Crippen molar-refractivity contribution >= 4 is 0 Å². The van der Waals surface area contributed by atoms with E-state index in [-0.39, 0.29) is 5.41 Å². The first kappa shape index (κ1) is 23.5. The molecule has 160 valence electrons. The van der Waals surface area contributed by atoms with E-state index < -0.39 is 5.79 Å². The van der Waals surface area contributed by atoms with Crippen molar-refractivity contribution in [3.8, 4) is 5.75 Å². The van der Waals surface area contributed by atoms with Crippen LogP contribution in [0.4, 0.5) is 0 Å². The minimum Gasteiger partial charge on any atom is -0.463 e. The van der Waals surface area contributed by atoms with E-state index in [1.165, 1.54) is 17.5 Å². The third kappa shape index (κ3) is 7.51. The van der Waals surface area contributed by atoms with Gasteiger partial charge in [-0.25, -0.2) is 0 Å². The molecule has 2 aromatic rings. The Morgan fingerprint density at radius 2 is 1.48 bits per heavy atom. The fourth-order valence-corrected chi connectivity index (χ4v) is 4.21. The largest absolute Gasteiger partial charge is 0.463 e. The summed E-state index contributed by atoms with van der Waals surface area (Å²) in [5.41, 5.74) is 2.97. The smallest absolute Gasteiger partial charge is 0.204 e. The van der Waals surface area contributed by atoms with Gasteiger partial charge in [0.1, 0.15) is 5.75 Å². The second kappa shape index (κ2) is 10.3. The van der Waals surface area contributed by atoms with E-state index >= 15 is 0 Å². The molecule has 2 heteroatoms. The molecule has 0 saturated carbocycles. The first-order chi connectivity index (χ1) is 13.6. The highest BCUT2D eigenvalue weighted by Crippen LogP contribution is 2.42. The number of hydrogen-bond acceptors (Lipinski definition) is 2. The summed E-state index contributed by atoms with van der Waals surface area (Å²) in [6.07, 6.45) is 3.19. The number of hydrogen-bond donors (Lipinski definition) is 0. The molecule has 0 spiro atoms. The van der Waals surface area contributed by atoms with Crippen molar-refractivity contribution in [1.29, 1.82) is 0 Å². The Bertz CT molecular complexity index is 710. The topological polar surface area (TPSA) is 18.5 Å². The maximum Gasteiger partial charge on any atom is 0.204 e. The predicted molar refractivity (Wildman–Crippen MR) is 124 cm³/mol. The lowest BCUT2D eigenvalue weighted by atomic mass is 9.69. The third-order valence-corrected chi connectivity index (χ3v) is 5.65. The summed E-state index contributed by atoms with van der Waals surface area (Å²) in [6.45, 7) is 16.3. The first-order valence-corrected chi connectivity index (χ1v) is 11.1. The summed E-state index contributed by atoms with van der Waals surface area (Å²) in [7, 11) is 0. The molecule has 0 amide bonds. The second-order valence-corrected chi connectivity index (χ2v) is 9.74. The standard InChI is InChI=1S/C27H40O2/c1-8-21(2)25(26(3,4)5)23-16-18-24(19-17-23)29-27(6,7)28-20-12-15-22-13-10-9-11-14-22/h9-11,13-14,16-19,21,25H,8,12,15,20H2,1-7H3. The zero-order chi connectivity index (χ0) is 21.5. The van der Waals surface area contributed by atoms with Gasteiger partial charge in [-0.15, -0.1) is 0 Å². The molecule has 0 N–H and O–H groups in total. The van der Waals surface area contributed by atoms with Gasteiger partial charge in [0, 0.05) is 13.8 Å². The maximum absolute atomic E-state index is 6.14. The highest BCUT2D eigenvalue weighted by Gasteiger charge is 2.30. The monoisotopic (exact) mass is 396 g/mol. The second-order valence-electron chi connectivity index (χ2n) is 9.74. The zero-order valence-electron chi connectivity index (χ0n) is 19.5. The van der Waals surface area contributed by atoms with Gasteiger partial charge < -0.3 is 9.47 Å². The van der Waals surface area contributed by atoms with E-state index in [0.717, 1.165) is 18.6 Å². The lowest BCUT2D eigenvalue weighted by Crippen LogP contribution is -2.32. The van der Waals surface area contributed by atoms with Crippen LogP contribution in [0.5, 0.6) is 5.75 Å². The zero-order valence-corrected chi connectivity index (χ0v) is 19.5. The van der Waals surface area contributed by atoms with Gasteiger partial charge in [-0.3, -0.25) is 0 Å². The number of ether oxygens (including phenoxy) is 2. The van der Waals surface area contributed by atoms with Gasteiger partial charge >= 0.3 is 0 Å². The molecule has 0 radical (unpaired) electrons. The fraction of sp³-hybridized carbons (Fsp3) is 0.556. The summed E-state index contributed by atoms with van der Waals surface area (Å²) < 4.78 is 12.2. The molecule has 0 aromatic heterocycles. The van der Waals surface area contributed by atoms with Gasteiger partial charge in [0.2, 0.25) is 5.79 Å². The van der Waals surface area contributed by atoms with Crippen molar-refractivity contribution in [2.75, 3.05) is 6.61 Å². The van der Waals surface area contributed by atoms with Crippen LogP contribution in [-0.4, -0.2) is 12.4 Å². The molecule has 0 aliphatic rings. The Balaban J connectivity index is 1.91. The summed E-state index contributed by atoms with van der Waals surface area (Å²) >= 11 is 0. The normalized spacial score (nSPS) is 14.4. The number of benzene rings is 2. The molecule has 2 aromatic carbocycles. The van der Waals surface area contributed by atoms with Gasteiger partial charge in [0.25, 0.3) is 0 Å². The van der Waals surface area contributed by atoms with E-state index in [9.17, 15) is 0 Å². The SMILES string of the molecule is CCC(C)C(c1ccc(OC(C)(C)OCCCc2ccccc2)cc1)C(C)(C)C. The van der Waals surface area contributed by atoms with Crippen LogP contribution in [0.3, 0.4) is 0 Å². The lowest BCUT2D eigenvalue weighted by Gasteiger charge is -2.36. The van der Waals surface area contributed by atoms with Gasteiger partial charge in [0.05, 0.1) is 6.61 Å². The van der Waals surface area contributed by atoms with E-state index in [1.807, 2.05) is 13.8 Å². The molecule has 29 heavy (non-hydrogen) atoms. The first-order valence-electron chi connectivity index (χ1n) is 11.1. The maximum atomic E-state index is 6.14. The lowest BCUT2D eigenvalue weighted by molar-refractivity contribution is -0.156. The molecular formula is C27H40O2. The highest BCUT2D eigenvalue weighted by molar-refractivity contribution is 5.31. The average molecular weight is 397 g/mol. The number of aryl methyl sites for hydroxylation is 1. The summed E-state index contributed by atoms with van der Waals surface area (Å²) in [5.74, 6) is 1.40. The van der Waals surface area contributed by atoms with Gasteiger partial charge in [-0.05, 0) is 53.4 Å². The molecule has 0 saturated heterocycles. The van der Waals surface area contributed by atoms with Crippen molar-refractivity contribution in [3.05, 3.63) is 65.7 Å². The van der Waals surface area contributed by atoms with Gasteiger partial charge in [-0.1, -0.05) is 83.5 Å². The summed E-state index contributed by atoms with van der Waals surface area (Å²) in [4.78, 5) is 0. The fourth-order valence-electron chi connectivity index (χ4n) is 4.21. The molecule has 0 aliphatic carbocycles. The molecule has 2 rings (SSSR count). The quantitative estimate of drug-likeness (QED) is 0.304. The van der Waals surface area contributed by atoms with Crippen molar-refractivity contribution in [3.63, 3.8) is 0 Å². The number of rotatable bonds is 10. The Labute approximate surface area is 178 Å². The Kier molecular flexibility index (Phi) is 8.34. The van der Waals surface area contributed by atoms with Crippen LogP contribution in [0.2, 0.25) is 0 Å². The highest BCUT2D eigenvalue weighted by atomic mass is 16.7. The average Bonchev–Trinajstić information content (AvgIpc) is 2.66. The minimum absolute atomic E-state index is 0.235. The van der Waals surface area contributed by atoms with Crippen LogP contribution in [0.25, 0.3) is 0 Å². The van der Waals surface area contributed by atoms with Crippen LogP contribution in [-0.2, 0) is 11.2 Å². The third-order valence-electron chi connectivity index (χ3n) is 5.65. The van der Waals surface area contributed by atoms with E-state index in [2.05, 4.69) is 89.2 Å². The molecule has 0 heterocycles. The van der Waals surface area contributed by atoms with Crippen molar-refractivity contribution in [1.82, 2.24) is 0 Å². The molecule has 2 atom stereocenters. The Hall–Kier alpha value is -1.80. The summed E-state index contributed by atoms with van der Waals surface area (Å²) in [5, 5.41) is 0. The Morgan fingerprint density at radius 1 is 0.862 bits per heavy atom. The van der Waals surface area contributed by atoms with Crippen molar-refractivity contribution in [2.24, 2.45) is 11.3 Å². The van der Waals surface area contributed by atoms with Crippen molar-refractivity contribution in [2.45, 2.75) is 79.4 Å². The van der Waals surface area contributed by atoms with Gasteiger partial charge in [0.15, 0.2) is 0 Å². The van der Waals surface area contributed by atoms with Crippen LogP contribution in [0, 0.1) is 11.3 Å². The molecule has 2 unspecified atom stereocenters. The molecule has 2 nitrogen and oxygen atoms in total. The molecule has 0 fully saturated rings. The van der Waals surface area contributed by atoms with E-state index in [4.69, 9.17) is 9.47 Å². The molecule has 0 aliphatic heterocycles. The predicted octanol–water partition coefficient (Wildman–Crippen LogP) is 7.63.